The standard InChI is InChI=1S/C13H20N4O2/c1-9(4-5-18)6-16-13(19)17-11-7-14-12(15-8-11)10-2-3-10/h7-10,18H,2-6H2,1H3,(H2,16,17,19). The molecule has 1 heterocycles. The predicted octanol–water partition coefficient (Wildman–Crippen LogP) is 1.49. The summed E-state index contributed by atoms with van der Waals surface area (Å²) < 4.78 is 0. The Bertz CT molecular complexity index is 417. The highest BCUT2D eigenvalue weighted by molar-refractivity contribution is 5.88. The van der Waals surface area contributed by atoms with E-state index >= 15 is 0 Å². The molecule has 1 aromatic heterocycles. The summed E-state index contributed by atoms with van der Waals surface area (Å²) in [5, 5.41) is 14.2. The molecule has 0 saturated heterocycles. The second kappa shape index (κ2) is 6.47. The van der Waals surface area contributed by atoms with Crippen LogP contribution in [0.15, 0.2) is 12.4 Å². The molecular weight excluding hydrogens is 244 g/mol. The number of anilines is 1. The number of aromatic nitrogens is 2. The summed E-state index contributed by atoms with van der Waals surface area (Å²) in [6, 6.07) is -0.271. The molecule has 104 valence electrons. The van der Waals surface area contributed by atoms with Crippen LogP contribution in [-0.4, -0.2) is 34.3 Å². The number of carbonyl (C=O) groups excluding carboxylic acids is 1. The molecule has 0 bridgehead atoms. The Morgan fingerprint density at radius 1 is 1.47 bits per heavy atom. The van der Waals surface area contributed by atoms with E-state index in [4.69, 9.17) is 5.11 Å². The first-order valence-corrected chi connectivity index (χ1v) is 6.66. The molecule has 1 saturated carbocycles. The van der Waals surface area contributed by atoms with Crippen molar-refractivity contribution in [3.63, 3.8) is 0 Å². The van der Waals surface area contributed by atoms with Gasteiger partial charge in [0.15, 0.2) is 0 Å². The molecule has 6 nitrogen and oxygen atoms in total. The lowest BCUT2D eigenvalue weighted by Crippen LogP contribution is -2.32. The van der Waals surface area contributed by atoms with E-state index < -0.39 is 0 Å². The molecule has 1 fully saturated rings. The number of urea groups is 1. The Morgan fingerprint density at radius 3 is 2.74 bits per heavy atom. The van der Waals surface area contributed by atoms with E-state index in [0.29, 0.717) is 24.6 Å². The normalized spacial score (nSPS) is 15.9. The maximum atomic E-state index is 11.6. The summed E-state index contributed by atoms with van der Waals surface area (Å²) in [6.45, 7) is 2.65. The van der Waals surface area contributed by atoms with E-state index in [0.717, 1.165) is 18.7 Å². The maximum absolute atomic E-state index is 11.6. The maximum Gasteiger partial charge on any atom is 0.319 e. The van der Waals surface area contributed by atoms with Gasteiger partial charge in [-0.15, -0.1) is 0 Å². The quantitative estimate of drug-likeness (QED) is 0.726. The number of aliphatic hydroxyl groups is 1. The van der Waals surface area contributed by atoms with Crippen molar-refractivity contribution in [1.29, 1.82) is 0 Å². The van der Waals surface area contributed by atoms with Gasteiger partial charge in [0.05, 0.1) is 18.1 Å². The van der Waals surface area contributed by atoms with E-state index in [1.807, 2.05) is 6.92 Å². The predicted molar refractivity (Wildman–Crippen MR) is 71.9 cm³/mol. The lowest BCUT2D eigenvalue weighted by atomic mass is 10.1. The number of amides is 2. The molecule has 0 aliphatic heterocycles. The summed E-state index contributed by atoms with van der Waals surface area (Å²) in [5.41, 5.74) is 0.594. The van der Waals surface area contributed by atoms with Gasteiger partial charge in [0.2, 0.25) is 0 Å². The van der Waals surface area contributed by atoms with E-state index in [2.05, 4.69) is 20.6 Å². The number of aliphatic hydroxyl groups excluding tert-OH is 1. The van der Waals surface area contributed by atoms with Gasteiger partial charge in [-0.3, -0.25) is 0 Å². The zero-order valence-corrected chi connectivity index (χ0v) is 11.1. The van der Waals surface area contributed by atoms with Crippen molar-refractivity contribution in [2.75, 3.05) is 18.5 Å². The van der Waals surface area contributed by atoms with E-state index in [9.17, 15) is 4.79 Å². The van der Waals surface area contributed by atoms with Crippen LogP contribution in [-0.2, 0) is 0 Å². The van der Waals surface area contributed by atoms with Crippen LogP contribution in [0.25, 0.3) is 0 Å². The van der Waals surface area contributed by atoms with Crippen molar-refractivity contribution in [2.24, 2.45) is 5.92 Å². The van der Waals surface area contributed by atoms with Gasteiger partial charge in [0, 0.05) is 19.1 Å². The summed E-state index contributed by atoms with van der Waals surface area (Å²) in [5.74, 6) is 1.63. The number of hydrogen-bond acceptors (Lipinski definition) is 4. The molecule has 6 heteroatoms. The van der Waals surface area contributed by atoms with Crippen LogP contribution in [0.2, 0.25) is 0 Å². The minimum atomic E-state index is -0.271. The fourth-order valence-electron chi connectivity index (χ4n) is 1.72. The highest BCUT2D eigenvalue weighted by Gasteiger charge is 2.26. The average Bonchev–Trinajstić information content (AvgIpc) is 3.22. The zero-order valence-electron chi connectivity index (χ0n) is 11.1. The van der Waals surface area contributed by atoms with Gasteiger partial charge in [0.1, 0.15) is 5.82 Å². The Morgan fingerprint density at radius 2 is 2.16 bits per heavy atom. The van der Waals surface area contributed by atoms with Crippen LogP contribution in [0.5, 0.6) is 0 Å². The summed E-state index contributed by atoms with van der Waals surface area (Å²) >= 11 is 0. The first kappa shape index (κ1) is 13.7. The Labute approximate surface area is 112 Å². The molecule has 1 aliphatic carbocycles. The molecule has 0 spiro atoms. The van der Waals surface area contributed by atoms with E-state index in [1.165, 1.54) is 0 Å². The van der Waals surface area contributed by atoms with Crippen LogP contribution in [0, 0.1) is 5.92 Å². The molecule has 1 aromatic rings. The average molecular weight is 264 g/mol. The largest absolute Gasteiger partial charge is 0.396 e. The van der Waals surface area contributed by atoms with Gasteiger partial charge in [-0.2, -0.15) is 0 Å². The third kappa shape index (κ3) is 4.48. The molecule has 3 N–H and O–H groups in total. The van der Waals surface area contributed by atoms with Crippen molar-refractivity contribution >= 4 is 11.7 Å². The van der Waals surface area contributed by atoms with Crippen LogP contribution in [0.1, 0.15) is 37.9 Å². The van der Waals surface area contributed by atoms with Gasteiger partial charge in [-0.25, -0.2) is 14.8 Å². The van der Waals surface area contributed by atoms with Gasteiger partial charge in [-0.1, -0.05) is 6.92 Å². The van der Waals surface area contributed by atoms with Crippen LogP contribution >= 0.6 is 0 Å². The van der Waals surface area contributed by atoms with Gasteiger partial charge < -0.3 is 15.7 Å². The first-order chi connectivity index (χ1) is 9.19. The molecule has 1 atom stereocenters. The fourth-order valence-corrected chi connectivity index (χ4v) is 1.72. The van der Waals surface area contributed by atoms with Crippen molar-refractivity contribution in [2.45, 2.75) is 32.1 Å². The minimum Gasteiger partial charge on any atom is -0.396 e. The number of hydrogen-bond donors (Lipinski definition) is 3. The number of nitrogens with zero attached hydrogens (tertiary/aromatic N) is 2. The molecule has 0 radical (unpaired) electrons. The highest BCUT2D eigenvalue weighted by Crippen LogP contribution is 2.37. The first-order valence-electron chi connectivity index (χ1n) is 6.66. The molecule has 1 aliphatic rings. The lowest BCUT2D eigenvalue weighted by molar-refractivity contribution is 0.243. The number of nitrogens with one attached hydrogen (secondary N) is 2. The smallest absolute Gasteiger partial charge is 0.319 e. The van der Waals surface area contributed by atoms with Crippen molar-refractivity contribution in [3.05, 3.63) is 18.2 Å². The van der Waals surface area contributed by atoms with Crippen LogP contribution < -0.4 is 10.6 Å². The van der Waals surface area contributed by atoms with Crippen LogP contribution in [0.4, 0.5) is 10.5 Å². The number of rotatable bonds is 6. The molecular formula is C13H20N4O2. The van der Waals surface area contributed by atoms with Gasteiger partial charge in [0.25, 0.3) is 0 Å². The summed E-state index contributed by atoms with van der Waals surface area (Å²) in [6.07, 6.45) is 6.28. The van der Waals surface area contributed by atoms with Gasteiger partial charge in [-0.05, 0) is 25.2 Å². The lowest BCUT2D eigenvalue weighted by Gasteiger charge is -2.11. The van der Waals surface area contributed by atoms with Crippen molar-refractivity contribution in [3.8, 4) is 0 Å². The number of carbonyl (C=O) groups is 1. The second-order valence-corrected chi connectivity index (χ2v) is 5.06. The van der Waals surface area contributed by atoms with E-state index in [-0.39, 0.29) is 18.6 Å². The van der Waals surface area contributed by atoms with Crippen LogP contribution in [0.3, 0.4) is 0 Å². The van der Waals surface area contributed by atoms with Crippen molar-refractivity contribution in [1.82, 2.24) is 15.3 Å². The molecule has 0 aromatic carbocycles. The molecule has 19 heavy (non-hydrogen) atoms. The Hall–Kier alpha value is -1.69. The fraction of sp³-hybridized carbons (Fsp3) is 0.615. The third-order valence-corrected chi connectivity index (χ3v) is 3.11. The molecule has 1 unspecified atom stereocenters. The topological polar surface area (TPSA) is 87.1 Å². The Kier molecular flexibility index (Phi) is 4.68. The van der Waals surface area contributed by atoms with Gasteiger partial charge >= 0.3 is 6.03 Å². The minimum absolute atomic E-state index is 0.140. The monoisotopic (exact) mass is 264 g/mol. The van der Waals surface area contributed by atoms with Crippen molar-refractivity contribution < 1.29 is 9.90 Å². The summed E-state index contributed by atoms with van der Waals surface area (Å²) in [4.78, 5) is 20.1. The third-order valence-electron chi connectivity index (χ3n) is 3.11. The highest BCUT2D eigenvalue weighted by atomic mass is 16.3. The van der Waals surface area contributed by atoms with E-state index in [1.54, 1.807) is 12.4 Å². The SMILES string of the molecule is CC(CCO)CNC(=O)Nc1cnc(C2CC2)nc1. The molecule has 2 rings (SSSR count). The zero-order chi connectivity index (χ0) is 13.7. The second-order valence-electron chi connectivity index (χ2n) is 5.06. The summed E-state index contributed by atoms with van der Waals surface area (Å²) in [7, 11) is 0. The Balaban J connectivity index is 1.75. The molecule has 2 amide bonds.